The fraction of sp³-hybridized carbons (Fsp3) is 0.340. The van der Waals surface area contributed by atoms with Gasteiger partial charge in [0.05, 0.1) is 51.3 Å². The quantitative estimate of drug-likeness (QED) is 0.0832. The predicted octanol–water partition coefficient (Wildman–Crippen LogP) is 9.81. The maximum absolute atomic E-state index is 15.7. The summed E-state index contributed by atoms with van der Waals surface area (Å²) in [5.41, 5.74) is 5.32. The smallest absolute Gasteiger partial charge is 0.264 e. The zero-order chi connectivity index (χ0) is 44.6. The van der Waals surface area contributed by atoms with E-state index in [0.29, 0.717) is 29.9 Å². The Morgan fingerprint density at radius 3 is 2.33 bits per heavy atom. The minimum absolute atomic E-state index is 0.0315. The van der Waals surface area contributed by atoms with Gasteiger partial charge in [0.2, 0.25) is 5.91 Å². The van der Waals surface area contributed by atoms with Gasteiger partial charge in [-0.05, 0) is 92.6 Å². The second-order valence-corrected chi connectivity index (χ2v) is 22.9. The Morgan fingerprint density at radius 1 is 0.905 bits per heavy atom. The first-order valence-electron chi connectivity index (χ1n) is 22.2. The van der Waals surface area contributed by atoms with E-state index in [9.17, 15) is 14.7 Å². The van der Waals surface area contributed by atoms with Crippen LogP contribution in [0.2, 0.25) is 18.6 Å². The molecular weight excluding hydrogens is 803 g/mol. The maximum atomic E-state index is 15.7. The topological polar surface area (TPSA) is 99.6 Å². The molecule has 0 aromatic heterocycles. The fourth-order valence-corrected chi connectivity index (χ4v) is 14.5. The Hall–Kier alpha value is -5.81. The van der Waals surface area contributed by atoms with Crippen molar-refractivity contribution in [1.82, 2.24) is 4.90 Å². The summed E-state index contributed by atoms with van der Waals surface area (Å²) in [7, 11) is -0.954. The molecule has 0 aliphatic carbocycles. The van der Waals surface area contributed by atoms with Crippen molar-refractivity contribution in [2.75, 3.05) is 36.6 Å². The van der Waals surface area contributed by atoms with Crippen LogP contribution in [0.15, 0.2) is 132 Å². The highest BCUT2D eigenvalue weighted by molar-refractivity contribution is 6.91. The number of nitrogens with zero attached hydrogens (tertiary/aromatic N) is 3. The number of anilines is 3. The highest BCUT2D eigenvalue weighted by Crippen LogP contribution is 2.61. The molecule has 3 amide bonds. The number of carbonyl (C=O) groups is 3. The van der Waals surface area contributed by atoms with Crippen LogP contribution in [-0.2, 0) is 26.5 Å². The average Bonchev–Trinajstić information content (AvgIpc) is 3.83. The SMILES string of the molecule is COc1ccc([Si](C)(C)[C@@H]2[C@@H](CC(=O)N(CCO)Cc3ccccc3)O[C@]3(C(=O)N(C/C=C(\C)CCC=C(C)C)c4ccc(N5C(=O)c6cccc7cccc5c67)cc43)[C@H]2C)cc1. The molecule has 4 atom stereocenters. The van der Waals surface area contributed by atoms with Crippen LogP contribution in [0.25, 0.3) is 10.8 Å². The molecule has 8 rings (SSSR count). The zero-order valence-corrected chi connectivity index (χ0v) is 38.6. The van der Waals surface area contributed by atoms with Crippen LogP contribution in [0, 0.1) is 5.92 Å². The summed E-state index contributed by atoms with van der Waals surface area (Å²) < 4.78 is 13.0. The van der Waals surface area contributed by atoms with E-state index >= 15 is 4.79 Å². The van der Waals surface area contributed by atoms with Gasteiger partial charge in [-0.2, -0.15) is 0 Å². The molecule has 3 heterocycles. The second kappa shape index (κ2) is 17.8. The first-order chi connectivity index (χ1) is 30.3. The molecule has 3 aliphatic heterocycles. The van der Waals surface area contributed by atoms with Gasteiger partial charge in [0.1, 0.15) is 5.75 Å². The van der Waals surface area contributed by atoms with E-state index in [0.717, 1.165) is 51.5 Å². The molecule has 5 aromatic carbocycles. The second-order valence-electron chi connectivity index (χ2n) is 18.2. The summed E-state index contributed by atoms with van der Waals surface area (Å²) in [4.78, 5) is 50.0. The molecule has 1 spiro atoms. The first kappa shape index (κ1) is 43.8. The number of ether oxygens (including phenoxy) is 2. The molecule has 0 unspecified atom stereocenters. The number of carbonyl (C=O) groups excluding carboxylic acids is 3. The van der Waals surface area contributed by atoms with E-state index in [-0.39, 0.29) is 48.8 Å². The molecule has 326 valence electrons. The Kier molecular flexibility index (Phi) is 12.3. The molecule has 1 saturated heterocycles. The van der Waals surface area contributed by atoms with E-state index in [2.05, 4.69) is 65.1 Å². The average molecular weight is 862 g/mol. The van der Waals surface area contributed by atoms with Crippen molar-refractivity contribution in [2.45, 2.75) is 83.8 Å². The lowest BCUT2D eigenvalue weighted by Gasteiger charge is -2.37. The molecule has 10 heteroatoms. The van der Waals surface area contributed by atoms with Gasteiger partial charge in [0.25, 0.3) is 11.8 Å². The van der Waals surface area contributed by atoms with Crippen molar-refractivity contribution in [3.63, 3.8) is 0 Å². The number of allylic oxidation sites excluding steroid dienone is 3. The van der Waals surface area contributed by atoms with Crippen molar-refractivity contribution >= 4 is 58.8 Å². The lowest BCUT2D eigenvalue weighted by Crippen LogP contribution is -2.52. The van der Waals surface area contributed by atoms with Crippen LogP contribution in [0.3, 0.4) is 0 Å². The summed E-state index contributed by atoms with van der Waals surface area (Å²) in [5.74, 6) is -0.0478. The zero-order valence-electron chi connectivity index (χ0n) is 37.6. The lowest BCUT2D eigenvalue weighted by molar-refractivity contribution is -0.149. The summed E-state index contributed by atoms with van der Waals surface area (Å²) >= 11 is 0. The van der Waals surface area contributed by atoms with Crippen molar-refractivity contribution in [3.05, 3.63) is 149 Å². The molecule has 0 saturated carbocycles. The highest BCUT2D eigenvalue weighted by atomic mass is 28.3. The summed E-state index contributed by atoms with van der Waals surface area (Å²) in [5, 5.41) is 13.2. The molecule has 0 bridgehead atoms. The standard InChI is InChI=1S/C53H59N3O6Si/c1-35(2)14-11-15-36(3)28-29-55-45-27-22-40(56-46-21-13-19-39-18-12-20-43(49(39)46)51(56)59)32-44(45)53(52(55)60)37(4)50(63(6,7)42-25-23-41(61-5)24-26-42)47(62-53)33-48(58)54(30-31-57)34-38-16-9-8-10-17-38/h8-10,12-14,16-28,32,37,47,50,57H,11,15,29-31,33-34H2,1-7H3/b36-28+/t37-,47+,50-,53+/m0/s1. The van der Waals surface area contributed by atoms with Gasteiger partial charge in [0, 0.05) is 42.2 Å². The number of aliphatic hydroxyl groups excluding tert-OH is 1. The summed E-state index contributed by atoms with van der Waals surface area (Å²) in [6.45, 7) is 13.7. The Labute approximate surface area is 372 Å². The minimum atomic E-state index is -2.61. The number of rotatable bonds is 15. The molecular formula is C53H59N3O6Si. The number of hydrogen-bond donors (Lipinski definition) is 1. The molecule has 0 radical (unpaired) electrons. The normalized spacial score (nSPS) is 20.5. The third-order valence-electron chi connectivity index (χ3n) is 13.7. The Bertz CT molecular complexity index is 2600. The van der Waals surface area contributed by atoms with Crippen molar-refractivity contribution in [3.8, 4) is 5.75 Å². The summed E-state index contributed by atoms with van der Waals surface area (Å²) in [6, 6.07) is 35.7. The Balaban J connectivity index is 1.25. The lowest BCUT2D eigenvalue weighted by atomic mass is 9.82. The third-order valence-corrected chi connectivity index (χ3v) is 18.0. The van der Waals surface area contributed by atoms with E-state index in [1.165, 1.54) is 11.1 Å². The number of benzene rings is 5. The van der Waals surface area contributed by atoms with Gasteiger partial charge in [-0.25, -0.2) is 0 Å². The van der Waals surface area contributed by atoms with E-state index in [4.69, 9.17) is 9.47 Å². The van der Waals surface area contributed by atoms with Gasteiger partial charge in [-0.15, -0.1) is 0 Å². The molecule has 5 aromatic rings. The number of fused-ring (bicyclic) bond motifs is 2. The molecule has 1 N–H and O–H groups in total. The van der Waals surface area contributed by atoms with E-state index < -0.39 is 19.8 Å². The van der Waals surface area contributed by atoms with Crippen LogP contribution < -0.4 is 19.7 Å². The molecule has 1 fully saturated rings. The number of hydrogen-bond acceptors (Lipinski definition) is 6. The monoisotopic (exact) mass is 861 g/mol. The van der Waals surface area contributed by atoms with Crippen LogP contribution in [0.1, 0.15) is 68.4 Å². The fourth-order valence-electron chi connectivity index (χ4n) is 10.4. The number of aliphatic hydroxyl groups is 1. The van der Waals surface area contributed by atoms with Crippen LogP contribution in [0.4, 0.5) is 17.1 Å². The highest BCUT2D eigenvalue weighted by Gasteiger charge is 2.66. The van der Waals surface area contributed by atoms with Gasteiger partial charge in [0.15, 0.2) is 5.60 Å². The van der Waals surface area contributed by atoms with E-state index in [1.54, 1.807) is 16.9 Å². The largest absolute Gasteiger partial charge is 0.497 e. The van der Waals surface area contributed by atoms with Crippen molar-refractivity contribution in [1.29, 1.82) is 0 Å². The van der Waals surface area contributed by atoms with E-state index in [1.807, 2.05) is 102 Å². The van der Waals surface area contributed by atoms with Crippen molar-refractivity contribution in [2.24, 2.45) is 5.92 Å². The first-order valence-corrected chi connectivity index (χ1v) is 25.2. The van der Waals surface area contributed by atoms with Gasteiger partial charge >= 0.3 is 0 Å². The predicted molar refractivity (Wildman–Crippen MR) is 255 cm³/mol. The third kappa shape index (κ3) is 7.94. The van der Waals surface area contributed by atoms with Gasteiger partial charge in [-0.3, -0.25) is 19.3 Å². The number of methoxy groups -OCH3 is 1. The maximum Gasteiger partial charge on any atom is 0.264 e. The minimum Gasteiger partial charge on any atom is -0.497 e. The molecule has 63 heavy (non-hydrogen) atoms. The molecule has 3 aliphatic rings. The summed E-state index contributed by atoms with van der Waals surface area (Å²) in [6.07, 6.45) is 5.56. The van der Waals surface area contributed by atoms with Gasteiger partial charge in [-0.1, -0.05) is 115 Å². The van der Waals surface area contributed by atoms with Crippen molar-refractivity contribution < 1.29 is 29.0 Å². The van der Waals surface area contributed by atoms with Crippen LogP contribution in [0.5, 0.6) is 5.75 Å². The van der Waals surface area contributed by atoms with Gasteiger partial charge < -0.3 is 24.4 Å². The number of amides is 3. The molecule has 9 nitrogen and oxygen atoms in total. The van der Waals surface area contributed by atoms with Crippen LogP contribution in [-0.4, -0.2) is 68.7 Å². The van der Waals surface area contributed by atoms with Crippen LogP contribution >= 0.6 is 0 Å². The Morgan fingerprint density at radius 2 is 1.63 bits per heavy atom.